The molecule has 0 radical (unpaired) electrons. The van der Waals surface area contributed by atoms with Gasteiger partial charge in [0, 0.05) is 22.7 Å². The van der Waals surface area contributed by atoms with E-state index < -0.39 is 11.6 Å². The molecule has 1 aliphatic heterocycles. The van der Waals surface area contributed by atoms with Crippen molar-refractivity contribution in [1.29, 1.82) is 0 Å². The molecule has 2 aromatic carbocycles. The van der Waals surface area contributed by atoms with Crippen LogP contribution in [0, 0.1) is 11.6 Å². The molecule has 0 bridgehead atoms. The lowest BCUT2D eigenvalue weighted by Gasteiger charge is -2.23. The second kappa shape index (κ2) is 7.61. The number of carbonyl (C=O) groups is 1. The smallest absolute Gasteiger partial charge is 0.260 e. The molecule has 1 aromatic heterocycles. The van der Waals surface area contributed by atoms with Crippen LogP contribution in [0.15, 0.2) is 40.9 Å². The molecule has 1 aliphatic rings. The normalized spacial score (nSPS) is 16.8. The van der Waals surface area contributed by atoms with Crippen molar-refractivity contribution in [2.45, 2.75) is 18.9 Å². The molecule has 1 amide bonds. The van der Waals surface area contributed by atoms with Gasteiger partial charge in [0.05, 0.1) is 17.3 Å². The van der Waals surface area contributed by atoms with Crippen LogP contribution in [0.1, 0.15) is 23.2 Å². The van der Waals surface area contributed by atoms with Gasteiger partial charge in [-0.3, -0.25) is 9.69 Å². The number of benzene rings is 2. The number of thiazole rings is 1. The average Bonchev–Trinajstić information content (AvgIpc) is 3.29. The lowest BCUT2D eigenvalue weighted by molar-refractivity contribution is 0.0917. The highest BCUT2D eigenvalue weighted by molar-refractivity contribution is 9.10. The number of rotatable bonds is 4. The highest BCUT2D eigenvalue weighted by Gasteiger charge is 2.27. The summed E-state index contributed by atoms with van der Waals surface area (Å²) in [5, 5.41) is 0.331. The van der Waals surface area contributed by atoms with Crippen LogP contribution in [0.4, 0.5) is 13.9 Å². The van der Waals surface area contributed by atoms with E-state index in [1.807, 2.05) is 0 Å². The van der Waals surface area contributed by atoms with E-state index in [0.717, 1.165) is 34.7 Å². The molecule has 2 heterocycles. The fraction of sp³-hybridized carbons (Fsp3) is 0.263. The van der Waals surface area contributed by atoms with Gasteiger partial charge in [0.1, 0.15) is 11.3 Å². The summed E-state index contributed by atoms with van der Waals surface area (Å²) in [6.45, 7) is 0.976. The molecule has 8 heteroatoms. The van der Waals surface area contributed by atoms with Crippen molar-refractivity contribution >= 4 is 48.5 Å². The summed E-state index contributed by atoms with van der Waals surface area (Å²) in [6, 6.07) is 9.02. The first-order valence-electron chi connectivity index (χ1n) is 8.46. The Morgan fingerprint density at radius 2 is 2.07 bits per heavy atom. The van der Waals surface area contributed by atoms with Crippen LogP contribution in [0.3, 0.4) is 0 Å². The zero-order valence-electron chi connectivity index (χ0n) is 14.1. The summed E-state index contributed by atoms with van der Waals surface area (Å²) in [5.74, 6) is -1.65. The molecule has 0 aliphatic carbocycles. The summed E-state index contributed by atoms with van der Waals surface area (Å²) in [5.41, 5.74) is 0.555. The van der Waals surface area contributed by atoms with Gasteiger partial charge in [0.2, 0.25) is 0 Å². The maximum absolute atomic E-state index is 14.1. The van der Waals surface area contributed by atoms with E-state index >= 15 is 0 Å². The van der Waals surface area contributed by atoms with Gasteiger partial charge in [-0.1, -0.05) is 27.3 Å². The molecule has 1 unspecified atom stereocenters. The first-order chi connectivity index (χ1) is 13.0. The van der Waals surface area contributed by atoms with E-state index in [1.165, 1.54) is 11.0 Å². The summed E-state index contributed by atoms with van der Waals surface area (Å²) < 4.78 is 34.5. The van der Waals surface area contributed by atoms with E-state index in [9.17, 15) is 13.6 Å². The number of amides is 1. The Bertz CT molecular complexity index is 987. The Kier molecular flexibility index (Phi) is 5.21. The Hall–Kier alpha value is -1.90. The number of ether oxygens (including phenoxy) is 1. The van der Waals surface area contributed by atoms with Gasteiger partial charge in [-0.15, -0.1) is 0 Å². The Morgan fingerprint density at radius 3 is 2.78 bits per heavy atom. The van der Waals surface area contributed by atoms with Crippen LogP contribution in [0.5, 0.6) is 0 Å². The molecule has 1 atom stereocenters. The van der Waals surface area contributed by atoms with Gasteiger partial charge >= 0.3 is 0 Å². The number of fused-ring (bicyclic) bond motifs is 1. The molecule has 0 spiro atoms. The summed E-state index contributed by atoms with van der Waals surface area (Å²) >= 11 is 4.45. The Morgan fingerprint density at radius 1 is 1.30 bits per heavy atom. The molecule has 1 saturated heterocycles. The number of carbonyl (C=O) groups excluding carboxylic acids is 1. The maximum atomic E-state index is 14.1. The zero-order valence-corrected chi connectivity index (χ0v) is 16.5. The molecule has 4 rings (SSSR count). The third-order valence-corrected chi connectivity index (χ3v) is 5.93. The fourth-order valence-corrected chi connectivity index (χ4v) is 4.33. The zero-order chi connectivity index (χ0) is 19.0. The van der Waals surface area contributed by atoms with Crippen LogP contribution < -0.4 is 4.90 Å². The predicted octanol–water partition coefficient (Wildman–Crippen LogP) is 5.16. The van der Waals surface area contributed by atoms with Gasteiger partial charge in [-0.25, -0.2) is 13.8 Å². The minimum Gasteiger partial charge on any atom is -0.376 e. The van der Waals surface area contributed by atoms with Crippen LogP contribution >= 0.6 is 27.3 Å². The first-order valence-corrected chi connectivity index (χ1v) is 10.1. The first kappa shape index (κ1) is 18.5. The highest BCUT2D eigenvalue weighted by Crippen LogP contribution is 2.33. The van der Waals surface area contributed by atoms with Gasteiger partial charge in [0.15, 0.2) is 10.9 Å². The lowest BCUT2D eigenvalue weighted by atomic mass is 10.2. The molecule has 1 fully saturated rings. The molecular formula is C19H15BrF2N2O2S. The van der Waals surface area contributed by atoms with Crippen LogP contribution in [-0.4, -0.2) is 30.1 Å². The van der Waals surface area contributed by atoms with Crippen molar-refractivity contribution in [2.24, 2.45) is 0 Å². The summed E-state index contributed by atoms with van der Waals surface area (Å²) in [6.07, 6.45) is 1.68. The topological polar surface area (TPSA) is 42.4 Å². The number of anilines is 1. The van der Waals surface area contributed by atoms with Gasteiger partial charge < -0.3 is 4.74 Å². The van der Waals surface area contributed by atoms with E-state index in [2.05, 4.69) is 20.9 Å². The Labute approximate surface area is 166 Å². The molecule has 0 saturated carbocycles. The fourth-order valence-electron chi connectivity index (χ4n) is 3.05. The average molecular weight is 453 g/mol. The minimum absolute atomic E-state index is 0.0670. The highest BCUT2D eigenvalue weighted by atomic mass is 79.9. The van der Waals surface area contributed by atoms with Crippen molar-refractivity contribution < 1.29 is 18.3 Å². The second-order valence-electron chi connectivity index (χ2n) is 6.29. The van der Waals surface area contributed by atoms with E-state index in [0.29, 0.717) is 28.5 Å². The third-order valence-electron chi connectivity index (χ3n) is 4.38. The van der Waals surface area contributed by atoms with Crippen molar-refractivity contribution in [3.8, 4) is 0 Å². The van der Waals surface area contributed by atoms with E-state index in [-0.39, 0.29) is 17.5 Å². The minimum atomic E-state index is -0.736. The number of halogens is 3. The monoisotopic (exact) mass is 452 g/mol. The molecule has 140 valence electrons. The molecule has 3 aromatic rings. The number of nitrogens with zero attached hydrogens (tertiary/aromatic N) is 2. The van der Waals surface area contributed by atoms with Gasteiger partial charge in [-0.2, -0.15) is 0 Å². The van der Waals surface area contributed by atoms with Crippen molar-refractivity contribution in [2.75, 3.05) is 18.1 Å². The molecule has 0 N–H and O–H groups in total. The lowest BCUT2D eigenvalue weighted by Crippen LogP contribution is -2.37. The number of hydrogen-bond donors (Lipinski definition) is 0. The molecular weight excluding hydrogens is 438 g/mol. The maximum Gasteiger partial charge on any atom is 0.260 e. The second-order valence-corrected chi connectivity index (χ2v) is 8.21. The molecule has 27 heavy (non-hydrogen) atoms. The predicted molar refractivity (Wildman–Crippen MR) is 104 cm³/mol. The van der Waals surface area contributed by atoms with Crippen molar-refractivity contribution in [3.63, 3.8) is 0 Å². The van der Waals surface area contributed by atoms with Crippen molar-refractivity contribution in [1.82, 2.24) is 4.98 Å². The largest absolute Gasteiger partial charge is 0.376 e. The van der Waals surface area contributed by atoms with E-state index in [1.54, 1.807) is 24.3 Å². The van der Waals surface area contributed by atoms with Crippen LogP contribution in [0.25, 0.3) is 10.2 Å². The summed E-state index contributed by atoms with van der Waals surface area (Å²) in [4.78, 5) is 18.9. The number of hydrogen-bond acceptors (Lipinski definition) is 4. The molecule has 4 nitrogen and oxygen atoms in total. The van der Waals surface area contributed by atoms with Crippen LogP contribution in [-0.2, 0) is 4.74 Å². The van der Waals surface area contributed by atoms with Crippen LogP contribution in [0.2, 0.25) is 0 Å². The summed E-state index contributed by atoms with van der Waals surface area (Å²) in [7, 11) is 0. The van der Waals surface area contributed by atoms with Gasteiger partial charge in [0.25, 0.3) is 5.91 Å². The number of aromatic nitrogens is 1. The Balaban J connectivity index is 1.74. The SMILES string of the molecule is O=C(c1ccc(Br)cc1)N(CC1CCCO1)c1nc2c(F)cc(F)cc2s1. The quantitative estimate of drug-likeness (QED) is 0.548. The van der Waals surface area contributed by atoms with Gasteiger partial charge in [-0.05, 0) is 43.2 Å². The van der Waals surface area contributed by atoms with E-state index in [4.69, 9.17) is 4.74 Å². The third kappa shape index (κ3) is 3.88. The van der Waals surface area contributed by atoms with Crippen molar-refractivity contribution in [3.05, 3.63) is 58.1 Å². The standard InChI is InChI=1S/C19H15BrF2N2O2S/c20-12-5-3-11(4-6-12)18(25)24(10-14-2-1-7-26-14)19-23-17-15(22)8-13(21)9-16(17)27-19/h3-6,8-9,14H,1-2,7,10H2.